The number of likely N-dealkylation sites (tertiary alicyclic amines) is 1. The van der Waals surface area contributed by atoms with Crippen molar-refractivity contribution in [3.05, 3.63) is 22.4 Å². The Morgan fingerprint density at radius 2 is 1.72 bits per heavy atom. The monoisotopic (exact) mass is 403 g/mol. The van der Waals surface area contributed by atoms with Gasteiger partial charge >= 0.3 is 6.09 Å². The Labute approximate surface area is 176 Å². The zero-order valence-electron chi connectivity index (χ0n) is 18.8. The summed E-state index contributed by atoms with van der Waals surface area (Å²) in [6.07, 6.45) is 5.33. The predicted molar refractivity (Wildman–Crippen MR) is 114 cm³/mol. The number of ether oxygens (including phenoxy) is 2. The topological polar surface area (TPSA) is 65.8 Å². The fourth-order valence-electron chi connectivity index (χ4n) is 4.09. The molecule has 29 heavy (non-hydrogen) atoms. The molecule has 0 bridgehead atoms. The van der Waals surface area contributed by atoms with E-state index in [0.29, 0.717) is 19.7 Å². The van der Waals surface area contributed by atoms with Crippen LogP contribution in [0, 0.1) is 11.3 Å². The lowest BCUT2D eigenvalue weighted by Crippen LogP contribution is -2.38. The smallest absolute Gasteiger partial charge is 0.410 e. The average molecular weight is 404 g/mol. The molecule has 0 N–H and O–H groups in total. The zero-order chi connectivity index (χ0) is 21.4. The summed E-state index contributed by atoms with van der Waals surface area (Å²) in [7, 11) is 1.72. The molecule has 2 rings (SSSR count). The van der Waals surface area contributed by atoms with Gasteiger partial charge in [-0.1, -0.05) is 5.57 Å². The molecule has 0 spiro atoms. The number of nitrogens with zero attached hydrogens (tertiary/aromatic N) is 3. The van der Waals surface area contributed by atoms with E-state index in [4.69, 9.17) is 9.47 Å². The first-order valence-corrected chi connectivity index (χ1v) is 10.8. The van der Waals surface area contributed by atoms with Crippen molar-refractivity contribution >= 4 is 6.09 Å². The van der Waals surface area contributed by atoms with Crippen LogP contribution in [-0.2, 0) is 9.47 Å². The predicted octanol–water partition coefficient (Wildman–Crippen LogP) is 4.63. The standard InChI is InChI=1S/C23H37N3O3/c1-18-9-6-12-25(15-16-28-5)21(18)20(17-24)19-10-7-13-26(14-8-11-19)22(27)29-23(2,3)4/h6-16H2,1-5H3. The molecule has 6 heteroatoms. The van der Waals surface area contributed by atoms with Crippen LogP contribution in [0.3, 0.4) is 0 Å². The minimum absolute atomic E-state index is 0.234. The first-order valence-electron chi connectivity index (χ1n) is 10.8. The van der Waals surface area contributed by atoms with E-state index in [1.807, 2.05) is 25.7 Å². The number of amides is 1. The second-order valence-electron chi connectivity index (χ2n) is 8.98. The van der Waals surface area contributed by atoms with Crippen molar-refractivity contribution < 1.29 is 14.3 Å². The van der Waals surface area contributed by atoms with E-state index in [1.165, 1.54) is 11.1 Å². The fourth-order valence-corrected chi connectivity index (χ4v) is 4.09. The van der Waals surface area contributed by atoms with Crippen LogP contribution < -0.4 is 0 Å². The fraction of sp³-hybridized carbons (Fsp3) is 0.739. The molecule has 6 nitrogen and oxygen atoms in total. The third kappa shape index (κ3) is 6.78. The van der Waals surface area contributed by atoms with Gasteiger partial charge in [0.25, 0.3) is 0 Å². The van der Waals surface area contributed by atoms with Crippen LogP contribution in [0.1, 0.15) is 66.2 Å². The lowest BCUT2D eigenvalue weighted by molar-refractivity contribution is 0.0241. The van der Waals surface area contributed by atoms with Crippen LogP contribution in [-0.4, -0.2) is 61.4 Å². The zero-order valence-corrected chi connectivity index (χ0v) is 18.8. The van der Waals surface area contributed by atoms with E-state index in [1.54, 1.807) is 7.11 Å². The third-order valence-corrected chi connectivity index (χ3v) is 5.43. The molecule has 1 amide bonds. The van der Waals surface area contributed by atoms with E-state index in [0.717, 1.165) is 62.9 Å². The molecule has 2 aliphatic rings. The first-order chi connectivity index (χ1) is 13.8. The average Bonchev–Trinajstić information content (AvgIpc) is 2.61. The maximum Gasteiger partial charge on any atom is 0.410 e. The summed E-state index contributed by atoms with van der Waals surface area (Å²) in [5, 5.41) is 10.0. The summed E-state index contributed by atoms with van der Waals surface area (Å²) in [5.74, 6) is 0. The molecule has 0 saturated carbocycles. The van der Waals surface area contributed by atoms with Crippen molar-refractivity contribution in [1.82, 2.24) is 9.80 Å². The molecule has 162 valence electrons. The highest BCUT2D eigenvalue weighted by Gasteiger charge is 2.26. The summed E-state index contributed by atoms with van der Waals surface area (Å²) in [6, 6.07) is 2.53. The van der Waals surface area contributed by atoms with Crippen molar-refractivity contribution in [3.8, 4) is 6.07 Å². The minimum atomic E-state index is -0.477. The lowest BCUT2D eigenvalue weighted by Gasteiger charge is -2.34. The van der Waals surface area contributed by atoms with Gasteiger partial charge in [0.2, 0.25) is 0 Å². The summed E-state index contributed by atoms with van der Waals surface area (Å²) in [6.45, 7) is 11.6. The minimum Gasteiger partial charge on any atom is -0.444 e. The molecule has 0 radical (unpaired) electrons. The molecule has 1 saturated heterocycles. The molecule has 2 heterocycles. The molecule has 0 aliphatic carbocycles. The van der Waals surface area contributed by atoms with Crippen molar-refractivity contribution in [2.75, 3.05) is 39.9 Å². The Morgan fingerprint density at radius 1 is 1.10 bits per heavy atom. The van der Waals surface area contributed by atoms with Gasteiger partial charge in [0.05, 0.1) is 17.9 Å². The number of rotatable bonds is 4. The van der Waals surface area contributed by atoms with Gasteiger partial charge < -0.3 is 19.3 Å². The summed E-state index contributed by atoms with van der Waals surface area (Å²) in [4.78, 5) is 16.5. The van der Waals surface area contributed by atoms with Gasteiger partial charge in [0.15, 0.2) is 0 Å². The van der Waals surface area contributed by atoms with Crippen LogP contribution in [0.5, 0.6) is 0 Å². The summed E-state index contributed by atoms with van der Waals surface area (Å²) in [5.41, 5.74) is 4.03. The molecule has 0 aromatic heterocycles. The van der Waals surface area contributed by atoms with E-state index >= 15 is 0 Å². The highest BCUT2D eigenvalue weighted by molar-refractivity contribution is 5.68. The van der Waals surface area contributed by atoms with Crippen LogP contribution >= 0.6 is 0 Å². The van der Waals surface area contributed by atoms with Crippen molar-refractivity contribution in [3.63, 3.8) is 0 Å². The normalized spacial score (nSPS) is 18.8. The molecule has 1 fully saturated rings. The molecule has 0 atom stereocenters. The van der Waals surface area contributed by atoms with Gasteiger partial charge in [-0.25, -0.2) is 4.79 Å². The van der Waals surface area contributed by atoms with Gasteiger partial charge in [-0.3, -0.25) is 0 Å². The van der Waals surface area contributed by atoms with E-state index < -0.39 is 5.60 Å². The Hall–Kier alpha value is -2.00. The summed E-state index contributed by atoms with van der Waals surface area (Å²) < 4.78 is 10.8. The third-order valence-electron chi connectivity index (χ3n) is 5.43. The number of allylic oxidation sites excluding steroid dienone is 3. The van der Waals surface area contributed by atoms with Gasteiger partial charge in [0, 0.05) is 33.3 Å². The Kier molecular flexibility index (Phi) is 8.58. The van der Waals surface area contributed by atoms with Crippen LogP contribution in [0.4, 0.5) is 4.79 Å². The van der Waals surface area contributed by atoms with E-state index in [2.05, 4.69) is 17.9 Å². The highest BCUT2D eigenvalue weighted by Crippen LogP contribution is 2.32. The lowest BCUT2D eigenvalue weighted by atomic mass is 9.91. The molecular formula is C23H37N3O3. The van der Waals surface area contributed by atoms with Crippen LogP contribution in [0.25, 0.3) is 0 Å². The molecule has 0 aromatic carbocycles. The Bertz CT molecular complexity index is 670. The largest absolute Gasteiger partial charge is 0.444 e. The number of hydrogen-bond donors (Lipinski definition) is 0. The van der Waals surface area contributed by atoms with Gasteiger partial charge in [-0.2, -0.15) is 5.26 Å². The van der Waals surface area contributed by atoms with Crippen LogP contribution in [0.2, 0.25) is 0 Å². The number of methoxy groups -OCH3 is 1. The van der Waals surface area contributed by atoms with Gasteiger partial charge in [-0.15, -0.1) is 0 Å². The van der Waals surface area contributed by atoms with Gasteiger partial charge in [0.1, 0.15) is 11.7 Å². The number of hydrogen-bond acceptors (Lipinski definition) is 5. The molecule has 2 aliphatic heterocycles. The van der Waals surface area contributed by atoms with Gasteiger partial charge in [-0.05, 0) is 71.8 Å². The highest BCUT2D eigenvalue weighted by atomic mass is 16.6. The van der Waals surface area contributed by atoms with Crippen molar-refractivity contribution in [1.29, 1.82) is 5.26 Å². The van der Waals surface area contributed by atoms with E-state index in [-0.39, 0.29) is 6.09 Å². The maximum atomic E-state index is 12.4. The molecular weight excluding hydrogens is 366 g/mol. The second kappa shape index (κ2) is 10.7. The maximum absolute atomic E-state index is 12.4. The van der Waals surface area contributed by atoms with E-state index in [9.17, 15) is 10.1 Å². The number of carbonyl (C=O) groups is 1. The quantitative estimate of drug-likeness (QED) is 0.640. The second-order valence-corrected chi connectivity index (χ2v) is 8.98. The molecule has 0 aromatic rings. The Balaban J connectivity index is 2.15. The van der Waals surface area contributed by atoms with Crippen LogP contribution in [0.15, 0.2) is 22.4 Å². The SMILES string of the molecule is COCCN1CCCC(C)=C1C(C#N)=C1CCCN(C(=O)OC(C)(C)C)CCC1. The van der Waals surface area contributed by atoms with Crippen molar-refractivity contribution in [2.24, 2.45) is 0 Å². The first kappa shape index (κ1) is 23.3. The summed E-state index contributed by atoms with van der Waals surface area (Å²) >= 11 is 0. The number of nitriles is 1. The Morgan fingerprint density at radius 3 is 2.28 bits per heavy atom. The van der Waals surface area contributed by atoms with Crippen molar-refractivity contribution in [2.45, 2.75) is 71.8 Å². The molecule has 0 unspecified atom stereocenters. The number of carbonyl (C=O) groups excluding carboxylic acids is 1.